The van der Waals surface area contributed by atoms with Crippen LogP contribution in [0.25, 0.3) is 0 Å². The molecule has 1 atom stereocenters. The minimum Gasteiger partial charge on any atom is -0.482 e. The number of aryl methyl sites for hydroxylation is 2. The minimum absolute atomic E-state index is 0.0827. The summed E-state index contributed by atoms with van der Waals surface area (Å²) in [6.07, 6.45) is 1.85. The van der Waals surface area contributed by atoms with Crippen molar-refractivity contribution in [3.8, 4) is 5.75 Å². The van der Waals surface area contributed by atoms with Crippen molar-refractivity contribution in [3.63, 3.8) is 0 Å². The summed E-state index contributed by atoms with van der Waals surface area (Å²) in [7, 11) is 0. The number of benzene rings is 2. The first-order valence-electron chi connectivity index (χ1n) is 8.80. The van der Waals surface area contributed by atoms with Crippen LogP contribution in [0.5, 0.6) is 5.75 Å². The van der Waals surface area contributed by atoms with Crippen LogP contribution in [0.1, 0.15) is 24.5 Å². The van der Waals surface area contributed by atoms with E-state index in [1.54, 1.807) is 11.0 Å². The maximum Gasteiger partial charge on any atom is 0.344 e. The van der Waals surface area contributed by atoms with Crippen molar-refractivity contribution in [2.24, 2.45) is 0 Å². The molecule has 2 aromatic rings. The zero-order valence-electron chi connectivity index (χ0n) is 15.1. The van der Waals surface area contributed by atoms with E-state index in [1.807, 2.05) is 56.3 Å². The van der Waals surface area contributed by atoms with Crippen molar-refractivity contribution in [2.75, 3.05) is 18.1 Å². The molecule has 2 aromatic carbocycles. The maximum absolute atomic E-state index is 12.6. The van der Waals surface area contributed by atoms with Crippen LogP contribution in [0.15, 0.2) is 48.5 Å². The Kier molecular flexibility index (Phi) is 5.56. The number of esters is 1. The zero-order chi connectivity index (χ0) is 18.5. The van der Waals surface area contributed by atoms with Crippen molar-refractivity contribution >= 4 is 17.6 Å². The summed E-state index contributed by atoms with van der Waals surface area (Å²) in [6, 6.07) is 15.4. The molecule has 5 nitrogen and oxygen atoms in total. The first kappa shape index (κ1) is 18.0. The monoisotopic (exact) mass is 353 g/mol. The standard InChI is InChI=1S/C21H23NO4/c1-15-7-3-6-10-19(15)25-14-21(24)26-13-20(23)22-16(2)11-12-17-8-4-5-9-18(17)22/h3-10,16H,11-14H2,1-2H3. The third-order valence-electron chi connectivity index (χ3n) is 4.59. The molecule has 1 aliphatic rings. The molecule has 0 radical (unpaired) electrons. The number of ether oxygens (including phenoxy) is 2. The highest BCUT2D eigenvalue weighted by Crippen LogP contribution is 2.30. The lowest BCUT2D eigenvalue weighted by atomic mass is 9.96. The van der Waals surface area contributed by atoms with Crippen molar-refractivity contribution in [1.29, 1.82) is 0 Å². The van der Waals surface area contributed by atoms with Crippen LogP contribution in [-0.2, 0) is 20.7 Å². The van der Waals surface area contributed by atoms with Gasteiger partial charge in [-0.25, -0.2) is 4.79 Å². The number of hydrogen-bond acceptors (Lipinski definition) is 4. The summed E-state index contributed by atoms with van der Waals surface area (Å²) in [5, 5.41) is 0. The summed E-state index contributed by atoms with van der Waals surface area (Å²) in [6.45, 7) is 3.41. The Hall–Kier alpha value is -2.82. The lowest BCUT2D eigenvalue weighted by Crippen LogP contribution is -2.44. The summed E-state index contributed by atoms with van der Waals surface area (Å²) in [5.74, 6) is -0.136. The number of amides is 1. The molecule has 1 amide bonds. The number of fused-ring (bicyclic) bond motifs is 1. The number of anilines is 1. The zero-order valence-corrected chi connectivity index (χ0v) is 15.1. The van der Waals surface area contributed by atoms with Gasteiger partial charge in [0.15, 0.2) is 13.2 Å². The second-order valence-corrected chi connectivity index (χ2v) is 6.50. The summed E-state index contributed by atoms with van der Waals surface area (Å²) < 4.78 is 10.6. The SMILES string of the molecule is Cc1ccccc1OCC(=O)OCC(=O)N1c2ccccc2CCC1C. The summed E-state index contributed by atoms with van der Waals surface area (Å²) >= 11 is 0. The van der Waals surface area contributed by atoms with Gasteiger partial charge in [-0.15, -0.1) is 0 Å². The first-order valence-corrected chi connectivity index (χ1v) is 8.80. The van der Waals surface area contributed by atoms with E-state index in [1.165, 1.54) is 0 Å². The minimum atomic E-state index is -0.556. The van der Waals surface area contributed by atoms with Gasteiger partial charge in [-0.3, -0.25) is 4.79 Å². The highest BCUT2D eigenvalue weighted by molar-refractivity contribution is 5.96. The molecule has 1 aliphatic heterocycles. The predicted octanol–water partition coefficient (Wildman–Crippen LogP) is 3.28. The highest BCUT2D eigenvalue weighted by Gasteiger charge is 2.28. The molecule has 3 rings (SSSR count). The fraction of sp³-hybridized carbons (Fsp3) is 0.333. The van der Waals surface area contributed by atoms with Gasteiger partial charge in [-0.1, -0.05) is 36.4 Å². The molecular formula is C21H23NO4. The topological polar surface area (TPSA) is 55.8 Å². The normalized spacial score (nSPS) is 15.9. The quantitative estimate of drug-likeness (QED) is 0.774. The molecule has 0 fully saturated rings. The Balaban J connectivity index is 1.55. The molecular weight excluding hydrogens is 330 g/mol. The predicted molar refractivity (Wildman–Crippen MR) is 99.3 cm³/mol. The van der Waals surface area contributed by atoms with E-state index in [-0.39, 0.29) is 25.2 Å². The van der Waals surface area contributed by atoms with Crippen molar-refractivity contribution in [2.45, 2.75) is 32.7 Å². The Bertz CT molecular complexity index is 802. The molecule has 0 bridgehead atoms. The molecule has 26 heavy (non-hydrogen) atoms. The number of carbonyl (C=O) groups excluding carboxylic acids is 2. The number of hydrogen-bond donors (Lipinski definition) is 0. The van der Waals surface area contributed by atoms with Crippen molar-refractivity contribution in [3.05, 3.63) is 59.7 Å². The number of para-hydroxylation sites is 2. The number of nitrogens with zero attached hydrogens (tertiary/aromatic N) is 1. The van der Waals surface area contributed by atoms with Crippen LogP contribution < -0.4 is 9.64 Å². The molecule has 0 saturated heterocycles. The van der Waals surface area contributed by atoms with Gasteiger partial charge in [0, 0.05) is 11.7 Å². The Morgan fingerprint density at radius 3 is 2.62 bits per heavy atom. The van der Waals surface area contributed by atoms with E-state index in [2.05, 4.69) is 0 Å². The molecule has 1 unspecified atom stereocenters. The van der Waals surface area contributed by atoms with Gasteiger partial charge in [0.25, 0.3) is 5.91 Å². The van der Waals surface area contributed by atoms with Gasteiger partial charge in [-0.2, -0.15) is 0 Å². The molecule has 0 spiro atoms. The average Bonchev–Trinajstić information content (AvgIpc) is 2.65. The highest BCUT2D eigenvalue weighted by atomic mass is 16.6. The van der Waals surface area contributed by atoms with Crippen LogP contribution in [0.3, 0.4) is 0 Å². The summed E-state index contributed by atoms with van der Waals surface area (Å²) in [5.41, 5.74) is 2.99. The smallest absolute Gasteiger partial charge is 0.344 e. The number of rotatable bonds is 5. The van der Waals surface area contributed by atoms with Gasteiger partial charge in [0.1, 0.15) is 5.75 Å². The first-order chi connectivity index (χ1) is 12.6. The Morgan fingerprint density at radius 1 is 1.08 bits per heavy atom. The molecule has 0 aromatic heterocycles. The second-order valence-electron chi connectivity index (χ2n) is 6.50. The van der Waals surface area contributed by atoms with Crippen molar-refractivity contribution < 1.29 is 19.1 Å². The molecule has 0 N–H and O–H groups in total. The van der Waals surface area contributed by atoms with Crippen LogP contribution in [0.2, 0.25) is 0 Å². The van der Waals surface area contributed by atoms with E-state index in [4.69, 9.17) is 9.47 Å². The van der Waals surface area contributed by atoms with E-state index in [0.717, 1.165) is 29.7 Å². The molecule has 0 saturated carbocycles. The van der Waals surface area contributed by atoms with Crippen LogP contribution in [0, 0.1) is 6.92 Å². The lowest BCUT2D eigenvalue weighted by molar-refractivity contribution is -0.149. The molecule has 5 heteroatoms. The van der Waals surface area contributed by atoms with Gasteiger partial charge < -0.3 is 14.4 Å². The number of carbonyl (C=O) groups is 2. The van der Waals surface area contributed by atoms with Gasteiger partial charge in [0.2, 0.25) is 0 Å². The third-order valence-corrected chi connectivity index (χ3v) is 4.59. The van der Waals surface area contributed by atoms with Gasteiger partial charge >= 0.3 is 5.97 Å². The fourth-order valence-corrected chi connectivity index (χ4v) is 3.18. The second kappa shape index (κ2) is 8.04. The molecule has 1 heterocycles. The lowest BCUT2D eigenvalue weighted by Gasteiger charge is -2.35. The average molecular weight is 353 g/mol. The molecule has 136 valence electrons. The largest absolute Gasteiger partial charge is 0.482 e. The van der Waals surface area contributed by atoms with E-state index < -0.39 is 5.97 Å². The van der Waals surface area contributed by atoms with Gasteiger partial charge in [0.05, 0.1) is 0 Å². The summed E-state index contributed by atoms with van der Waals surface area (Å²) in [4.78, 5) is 26.3. The van der Waals surface area contributed by atoms with Crippen LogP contribution in [-0.4, -0.2) is 31.1 Å². The Morgan fingerprint density at radius 2 is 1.81 bits per heavy atom. The van der Waals surface area contributed by atoms with E-state index >= 15 is 0 Å². The van der Waals surface area contributed by atoms with Crippen LogP contribution >= 0.6 is 0 Å². The third kappa shape index (κ3) is 4.04. The van der Waals surface area contributed by atoms with E-state index in [0.29, 0.717) is 5.75 Å². The fourth-order valence-electron chi connectivity index (χ4n) is 3.18. The van der Waals surface area contributed by atoms with Crippen LogP contribution in [0.4, 0.5) is 5.69 Å². The van der Waals surface area contributed by atoms with Gasteiger partial charge in [-0.05, 0) is 49.9 Å². The maximum atomic E-state index is 12.6. The Labute approximate surface area is 153 Å². The van der Waals surface area contributed by atoms with E-state index in [9.17, 15) is 9.59 Å². The van der Waals surface area contributed by atoms with Crippen molar-refractivity contribution in [1.82, 2.24) is 0 Å². The molecule has 0 aliphatic carbocycles.